The summed E-state index contributed by atoms with van der Waals surface area (Å²) in [5, 5.41) is 2.98. The highest BCUT2D eigenvalue weighted by molar-refractivity contribution is 5.78. The molecule has 0 unspecified atom stereocenters. The summed E-state index contributed by atoms with van der Waals surface area (Å²) < 4.78 is 12.6. The van der Waals surface area contributed by atoms with E-state index in [0.717, 1.165) is 5.56 Å². The van der Waals surface area contributed by atoms with E-state index in [2.05, 4.69) is 10.3 Å². The molecule has 0 saturated heterocycles. The maximum atomic E-state index is 12.6. The molecule has 1 rings (SSSR count). The van der Waals surface area contributed by atoms with Crippen molar-refractivity contribution >= 4 is 5.96 Å². The third-order valence-corrected chi connectivity index (χ3v) is 1.78. The molecule has 0 bridgehead atoms. The summed E-state index contributed by atoms with van der Waals surface area (Å²) in [6.45, 7) is 4.44. The predicted octanol–water partition coefficient (Wildman–Crippen LogP) is 1.64. The number of hydrogen-bond donors (Lipinski definition) is 2. The molecular formula is C11H16FN3. The highest BCUT2D eigenvalue weighted by atomic mass is 19.1. The van der Waals surface area contributed by atoms with Gasteiger partial charge in [0.15, 0.2) is 5.96 Å². The second-order valence-electron chi connectivity index (χ2n) is 3.63. The number of guanidine groups is 1. The SMILES string of the molecule is CC(C)NC(N)=NCc1ccc(F)cc1. The van der Waals surface area contributed by atoms with E-state index < -0.39 is 0 Å². The molecule has 0 aliphatic heterocycles. The standard InChI is InChI=1S/C11H16FN3/c1-8(2)15-11(13)14-7-9-3-5-10(12)6-4-9/h3-6,8H,7H2,1-2H3,(H3,13,14,15). The number of aliphatic imine (C=N–C) groups is 1. The molecule has 0 aromatic heterocycles. The van der Waals surface area contributed by atoms with Crippen LogP contribution in [0.1, 0.15) is 19.4 Å². The van der Waals surface area contributed by atoms with Gasteiger partial charge in [-0.3, -0.25) is 0 Å². The summed E-state index contributed by atoms with van der Waals surface area (Å²) >= 11 is 0. The molecule has 4 heteroatoms. The zero-order valence-electron chi connectivity index (χ0n) is 9.00. The van der Waals surface area contributed by atoms with Crippen molar-refractivity contribution in [3.63, 3.8) is 0 Å². The Balaban J connectivity index is 2.52. The summed E-state index contributed by atoms with van der Waals surface area (Å²) in [5.41, 5.74) is 6.55. The second kappa shape index (κ2) is 5.34. The smallest absolute Gasteiger partial charge is 0.189 e. The molecule has 0 amide bonds. The highest BCUT2D eigenvalue weighted by Gasteiger charge is 1.96. The minimum absolute atomic E-state index is 0.240. The molecule has 15 heavy (non-hydrogen) atoms. The van der Waals surface area contributed by atoms with E-state index in [1.165, 1.54) is 12.1 Å². The van der Waals surface area contributed by atoms with Gasteiger partial charge in [0, 0.05) is 6.04 Å². The van der Waals surface area contributed by atoms with Gasteiger partial charge in [-0.1, -0.05) is 12.1 Å². The number of halogens is 1. The lowest BCUT2D eigenvalue weighted by Crippen LogP contribution is -2.36. The fraction of sp³-hybridized carbons (Fsp3) is 0.364. The molecule has 0 aliphatic carbocycles. The number of rotatable bonds is 3. The Morgan fingerprint density at radius 2 is 2.00 bits per heavy atom. The van der Waals surface area contributed by atoms with Gasteiger partial charge >= 0.3 is 0 Å². The molecule has 82 valence electrons. The fourth-order valence-corrected chi connectivity index (χ4v) is 1.11. The van der Waals surface area contributed by atoms with Crippen LogP contribution in [0.25, 0.3) is 0 Å². The summed E-state index contributed by atoms with van der Waals surface area (Å²) in [6.07, 6.45) is 0. The second-order valence-corrected chi connectivity index (χ2v) is 3.63. The van der Waals surface area contributed by atoms with E-state index in [1.807, 2.05) is 13.8 Å². The van der Waals surface area contributed by atoms with Crippen LogP contribution in [0.3, 0.4) is 0 Å². The molecule has 3 nitrogen and oxygen atoms in total. The Hall–Kier alpha value is -1.58. The maximum Gasteiger partial charge on any atom is 0.189 e. The van der Waals surface area contributed by atoms with Crippen LogP contribution in [0.2, 0.25) is 0 Å². The number of hydrogen-bond acceptors (Lipinski definition) is 1. The molecule has 0 heterocycles. The van der Waals surface area contributed by atoms with Crippen LogP contribution in [-0.2, 0) is 6.54 Å². The normalized spacial score (nSPS) is 11.9. The molecule has 0 spiro atoms. The van der Waals surface area contributed by atoms with Crippen molar-refractivity contribution in [1.29, 1.82) is 0 Å². The van der Waals surface area contributed by atoms with Gasteiger partial charge in [-0.15, -0.1) is 0 Å². The first-order chi connectivity index (χ1) is 7.08. The van der Waals surface area contributed by atoms with Crippen LogP contribution < -0.4 is 11.1 Å². The van der Waals surface area contributed by atoms with Crippen molar-refractivity contribution in [3.05, 3.63) is 35.6 Å². The lowest BCUT2D eigenvalue weighted by Gasteiger charge is -2.08. The van der Waals surface area contributed by atoms with Crippen molar-refractivity contribution in [3.8, 4) is 0 Å². The third-order valence-electron chi connectivity index (χ3n) is 1.78. The van der Waals surface area contributed by atoms with Crippen LogP contribution >= 0.6 is 0 Å². The van der Waals surface area contributed by atoms with Gasteiger partial charge < -0.3 is 11.1 Å². The Labute approximate surface area is 89.2 Å². The molecule has 1 aromatic carbocycles. The number of nitrogens with one attached hydrogen (secondary N) is 1. The lowest BCUT2D eigenvalue weighted by molar-refractivity contribution is 0.627. The summed E-state index contributed by atoms with van der Waals surface area (Å²) in [4.78, 5) is 4.13. The Morgan fingerprint density at radius 1 is 1.40 bits per heavy atom. The molecule has 3 N–H and O–H groups in total. The number of nitrogens with two attached hydrogens (primary N) is 1. The molecule has 0 saturated carbocycles. The zero-order valence-corrected chi connectivity index (χ0v) is 9.00. The lowest BCUT2D eigenvalue weighted by atomic mass is 10.2. The van der Waals surface area contributed by atoms with Crippen LogP contribution in [-0.4, -0.2) is 12.0 Å². The van der Waals surface area contributed by atoms with Gasteiger partial charge in [-0.05, 0) is 31.5 Å². The van der Waals surface area contributed by atoms with Crippen molar-refractivity contribution in [2.24, 2.45) is 10.7 Å². The molecule has 1 aromatic rings. The van der Waals surface area contributed by atoms with Gasteiger partial charge in [0.25, 0.3) is 0 Å². The molecule has 0 fully saturated rings. The minimum Gasteiger partial charge on any atom is -0.370 e. The van der Waals surface area contributed by atoms with E-state index in [1.54, 1.807) is 12.1 Å². The Morgan fingerprint density at radius 3 is 2.53 bits per heavy atom. The fourth-order valence-electron chi connectivity index (χ4n) is 1.11. The van der Waals surface area contributed by atoms with Crippen molar-refractivity contribution < 1.29 is 4.39 Å². The first kappa shape index (κ1) is 11.5. The van der Waals surface area contributed by atoms with Crippen molar-refractivity contribution in [1.82, 2.24) is 5.32 Å². The van der Waals surface area contributed by atoms with Crippen LogP contribution in [0.4, 0.5) is 4.39 Å². The predicted molar refractivity (Wildman–Crippen MR) is 60.0 cm³/mol. The Kier molecular flexibility index (Phi) is 4.09. The summed E-state index contributed by atoms with van der Waals surface area (Å²) in [7, 11) is 0. The van der Waals surface area contributed by atoms with E-state index in [9.17, 15) is 4.39 Å². The minimum atomic E-state index is -0.240. The third kappa shape index (κ3) is 4.44. The summed E-state index contributed by atoms with van der Waals surface area (Å²) in [6, 6.07) is 6.48. The van der Waals surface area contributed by atoms with Crippen molar-refractivity contribution in [2.75, 3.05) is 0 Å². The topological polar surface area (TPSA) is 50.4 Å². The quantitative estimate of drug-likeness (QED) is 0.587. The van der Waals surface area contributed by atoms with Gasteiger partial charge in [-0.25, -0.2) is 9.38 Å². The van der Waals surface area contributed by atoms with Gasteiger partial charge in [0.05, 0.1) is 6.54 Å². The largest absolute Gasteiger partial charge is 0.370 e. The Bertz CT molecular complexity index is 330. The van der Waals surface area contributed by atoms with E-state index in [0.29, 0.717) is 12.5 Å². The zero-order chi connectivity index (χ0) is 11.3. The van der Waals surface area contributed by atoms with Gasteiger partial charge in [-0.2, -0.15) is 0 Å². The van der Waals surface area contributed by atoms with Crippen LogP contribution in [0.5, 0.6) is 0 Å². The number of benzene rings is 1. The highest BCUT2D eigenvalue weighted by Crippen LogP contribution is 2.03. The molecule has 0 radical (unpaired) electrons. The van der Waals surface area contributed by atoms with E-state index in [-0.39, 0.29) is 11.9 Å². The first-order valence-corrected chi connectivity index (χ1v) is 4.89. The van der Waals surface area contributed by atoms with E-state index in [4.69, 9.17) is 5.73 Å². The average molecular weight is 209 g/mol. The van der Waals surface area contributed by atoms with Gasteiger partial charge in [0.1, 0.15) is 5.82 Å². The average Bonchev–Trinajstić information content (AvgIpc) is 2.16. The van der Waals surface area contributed by atoms with Crippen LogP contribution in [0.15, 0.2) is 29.3 Å². The van der Waals surface area contributed by atoms with Crippen LogP contribution in [0, 0.1) is 5.82 Å². The monoisotopic (exact) mass is 209 g/mol. The maximum absolute atomic E-state index is 12.6. The molecule has 0 aliphatic rings. The van der Waals surface area contributed by atoms with E-state index >= 15 is 0 Å². The molecular weight excluding hydrogens is 193 g/mol. The number of nitrogens with zero attached hydrogens (tertiary/aromatic N) is 1. The summed E-state index contributed by atoms with van der Waals surface area (Å²) in [5.74, 6) is 0.172. The van der Waals surface area contributed by atoms with Crippen molar-refractivity contribution in [2.45, 2.75) is 26.4 Å². The first-order valence-electron chi connectivity index (χ1n) is 4.89. The van der Waals surface area contributed by atoms with Gasteiger partial charge in [0.2, 0.25) is 0 Å². The molecule has 0 atom stereocenters.